The summed E-state index contributed by atoms with van der Waals surface area (Å²) in [5.74, 6) is 0. The fourth-order valence-electron chi connectivity index (χ4n) is 1.76. The van der Waals surface area contributed by atoms with Gasteiger partial charge in [0, 0.05) is 19.2 Å². The molecule has 1 N–H and O–H groups in total. The van der Waals surface area contributed by atoms with Gasteiger partial charge in [-0.3, -0.25) is 0 Å². The Labute approximate surface area is 81.4 Å². The highest BCUT2D eigenvalue weighted by molar-refractivity contribution is 4.86. The first-order chi connectivity index (χ1) is 6.14. The van der Waals surface area contributed by atoms with Crippen LogP contribution >= 0.6 is 0 Å². The molecule has 0 aromatic rings. The van der Waals surface area contributed by atoms with Crippen molar-refractivity contribution in [3.8, 4) is 0 Å². The molecular weight excluding hydrogens is 162 g/mol. The van der Waals surface area contributed by atoms with Gasteiger partial charge in [-0.25, -0.2) is 0 Å². The summed E-state index contributed by atoms with van der Waals surface area (Å²) >= 11 is 0. The zero-order valence-electron chi connectivity index (χ0n) is 8.97. The van der Waals surface area contributed by atoms with Crippen molar-refractivity contribution in [3.05, 3.63) is 12.2 Å². The fourth-order valence-corrected chi connectivity index (χ4v) is 1.76. The van der Waals surface area contributed by atoms with Gasteiger partial charge in [0.15, 0.2) is 0 Å². The molecule has 1 heterocycles. The van der Waals surface area contributed by atoms with E-state index in [4.69, 9.17) is 4.74 Å². The zero-order chi connectivity index (χ0) is 9.73. The Bertz CT molecular complexity index is 175. The predicted octanol–water partition coefficient (Wildman–Crippen LogP) is 2.11. The molecule has 0 bridgehead atoms. The Morgan fingerprint density at radius 1 is 1.54 bits per heavy atom. The van der Waals surface area contributed by atoms with E-state index in [1.165, 1.54) is 0 Å². The van der Waals surface area contributed by atoms with Crippen molar-refractivity contribution in [3.63, 3.8) is 0 Å². The minimum Gasteiger partial charge on any atom is -0.375 e. The average molecular weight is 183 g/mol. The Hall–Kier alpha value is -0.340. The lowest BCUT2D eigenvalue weighted by molar-refractivity contribution is -0.0624. The van der Waals surface area contributed by atoms with Crippen LogP contribution in [0.4, 0.5) is 0 Å². The summed E-state index contributed by atoms with van der Waals surface area (Å²) in [5, 5.41) is 3.51. The van der Waals surface area contributed by atoms with Crippen molar-refractivity contribution in [2.75, 3.05) is 13.2 Å². The normalized spacial score (nSPS) is 28.1. The van der Waals surface area contributed by atoms with Gasteiger partial charge in [0.25, 0.3) is 0 Å². The smallest absolute Gasteiger partial charge is 0.0641 e. The van der Waals surface area contributed by atoms with Crippen molar-refractivity contribution in [2.24, 2.45) is 0 Å². The van der Waals surface area contributed by atoms with Crippen LogP contribution in [-0.4, -0.2) is 24.8 Å². The lowest BCUT2D eigenvalue weighted by atomic mass is 9.94. The maximum Gasteiger partial charge on any atom is 0.0641 e. The van der Waals surface area contributed by atoms with E-state index in [1.807, 2.05) is 0 Å². The first-order valence-electron chi connectivity index (χ1n) is 5.12. The second kappa shape index (κ2) is 4.77. The molecule has 1 unspecified atom stereocenters. The van der Waals surface area contributed by atoms with Crippen LogP contribution in [0.1, 0.15) is 33.6 Å². The minimum absolute atomic E-state index is 0.0614. The highest BCUT2D eigenvalue weighted by Gasteiger charge is 2.27. The molecule has 2 heteroatoms. The Morgan fingerprint density at radius 2 is 2.31 bits per heavy atom. The van der Waals surface area contributed by atoms with Crippen molar-refractivity contribution in [1.82, 2.24) is 5.32 Å². The van der Waals surface area contributed by atoms with Gasteiger partial charge in [0.1, 0.15) is 0 Å². The molecule has 1 atom stereocenters. The van der Waals surface area contributed by atoms with E-state index >= 15 is 0 Å². The van der Waals surface area contributed by atoms with E-state index in [9.17, 15) is 0 Å². The van der Waals surface area contributed by atoms with Crippen LogP contribution in [0, 0.1) is 0 Å². The van der Waals surface area contributed by atoms with Gasteiger partial charge in [-0.1, -0.05) is 12.2 Å². The summed E-state index contributed by atoms with van der Waals surface area (Å²) in [7, 11) is 0. The quantitative estimate of drug-likeness (QED) is 0.677. The van der Waals surface area contributed by atoms with Crippen LogP contribution in [0.25, 0.3) is 0 Å². The van der Waals surface area contributed by atoms with Crippen LogP contribution in [-0.2, 0) is 4.74 Å². The van der Waals surface area contributed by atoms with E-state index in [1.54, 1.807) is 0 Å². The molecule has 0 spiro atoms. The Morgan fingerprint density at radius 3 is 2.92 bits per heavy atom. The third-order valence-electron chi connectivity index (χ3n) is 2.46. The van der Waals surface area contributed by atoms with Gasteiger partial charge in [0.05, 0.1) is 5.60 Å². The highest BCUT2D eigenvalue weighted by Crippen LogP contribution is 2.23. The number of rotatable bonds is 3. The van der Waals surface area contributed by atoms with Crippen LogP contribution in [0.15, 0.2) is 12.2 Å². The van der Waals surface area contributed by atoms with E-state index in [-0.39, 0.29) is 5.60 Å². The molecular formula is C11H21NO. The molecule has 1 fully saturated rings. The van der Waals surface area contributed by atoms with Gasteiger partial charge in [-0.2, -0.15) is 0 Å². The first kappa shape index (κ1) is 10.7. The third kappa shape index (κ3) is 3.92. The number of ether oxygens (including phenoxy) is 1. The van der Waals surface area contributed by atoms with E-state index in [0.717, 1.165) is 26.0 Å². The highest BCUT2D eigenvalue weighted by atomic mass is 16.5. The van der Waals surface area contributed by atoms with Crippen LogP contribution in [0.2, 0.25) is 0 Å². The monoisotopic (exact) mass is 183 g/mol. The molecule has 0 aromatic heterocycles. The van der Waals surface area contributed by atoms with E-state index in [2.05, 4.69) is 38.2 Å². The van der Waals surface area contributed by atoms with Crippen LogP contribution in [0.5, 0.6) is 0 Å². The average Bonchev–Trinajstić information content (AvgIpc) is 2.03. The largest absolute Gasteiger partial charge is 0.375 e. The topological polar surface area (TPSA) is 21.3 Å². The molecule has 1 aliphatic heterocycles. The van der Waals surface area contributed by atoms with Crippen molar-refractivity contribution in [1.29, 1.82) is 0 Å². The van der Waals surface area contributed by atoms with Gasteiger partial charge in [0.2, 0.25) is 0 Å². The van der Waals surface area contributed by atoms with Crippen molar-refractivity contribution >= 4 is 0 Å². The first-order valence-corrected chi connectivity index (χ1v) is 5.12. The Kier molecular flexibility index (Phi) is 3.94. The predicted molar refractivity (Wildman–Crippen MR) is 55.9 cm³/mol. The lowest BCUT2D eigenvalue weighted by Gasteiger charge is -2.35. The summed E-state index contributed by atoms with van der Waals surface area (Å²) in [4.78, 5) is 0. The molecule has 0 saturated carbocycles. The van der Waals surface area contributed by atoms with Gasteiger partial charge >= 0.3 is 0 Å². The molecule has 13 heavy (non-hydrogen) atoms. The number of hydrogen-bond acceptors (Lipinski definition) is 2. The number of allylic oxidation sites excluding steroid dienone is 1. The molecule has 76 valence electrons. The minimum atomic E-state index is 0.0614. The standard InChI is InChI=1S/C11H21NO/c1-4-5-7-12-10-6-8-13-11(2,3)9-10/h4-5,10,12H,6-9H2,1-3H3/b5-4+. The SMILES string of the molecule is C/C=C/CNC1CCOC(C)(C)C1. The number of hydrogen-bond donors (Lipinski definition) is 1. The summed E-state index contributed by atoms with van der Waals surface area (Å²) in [6.07, 6.45) is 6.49. The molecule has 0 amide bonds. The Balaban J connectivity index is 2.26. The maximum absolute atomic E-state index is 5.64. The summed E-state index contributed by atoms with van der Waals surface area (Å²) < 4.78 is 5.64. The second-order valence-corrected chi connectivity index (χ2v) is 4.28. The second-order valence-electron chi connectivity index (χ2n) is 4.28. The maximum atomic E-state index is 5.64. The fraction of sp³-hybridized carbons (Fsp3) is 0.818. The molecule has 0 aliphatic carbocycles. The van der Waals surface area contributed by atoms with E-state index in [0.29, 0.717) is 6.04 Å². The molecule has 0 aromatic carbocycles. The summed E-state index contributed by atoms with van der Waals surface area (Å²) in [6, 6.07) is 0.625. The number of nitrogens with one attached hydrogen (secondary N) is 1. The van der Waals surface area contributed by atoms with E-state index < -0.39 is 0 Å². The summed E-state index contributed by atoms with van der Waals surface area (Å²) in [6.45, 7) is 8.25. The third-order valence-corrected chi connectivity index (χ3v) is 2.46. The van der Waals surface area contributed by atoms with Crippen LogP contribution < -0.4 is 5.32 Å². The summed E-state index contributed by atoms with van der Waals surface area (Å²) in [5.41, 5.74) is 0.0614. The van der Waals surface area contributed by atoms with Crippen molar-refractivity contribution < 1.29 is 4.74 Å². The molecule has 1 aliphatic rings. The molecule has 1 rings (SSSR count). The zero-order valence-corrected chi connectivity index (χ0v) is 8.97. The molecule has 2 nitrogen and oxygen atoms in total. The lowest BCUT2D eigenvalue weighted by Crippen LogP contribution is -2.43. The van der Waals surface area contributed by atoms with Crippen LogP contribution in [0.3, 0.4) is 0 Å². The van der Waals surface area contributed by atoms with Gasteiger partial charge in [-0.15, -0.1) is 0 Å². The van der Waals surface area contributed by atoms with Crippen molar-refractivity contribution in [2.45, 2.75) is 45.3 Å². The molecule has 1 saturated heterocycles. The molecule has 0 radical (unpaired) electrons. The van der Waals surface area contributed by atoms with Gasteiger partial charge in [-0.05, 0) is 33.6 Å². The van der Waals surface area contributed by atoms with Gasteiger partial charge < -0.3 is 10.1 Å².